The number of carbonyl (C=O) groups is 4. The van der Waals surface area contributed by atoms with Crippen LogP contribution in [0.5, 0.6) is 5.75 Å². The van der Waals surface area contributed by atoms with Crippen molar-refractivity contribution in [3.63, 3.8) is 0 Å². The summed E-state index contributed by atoms with van der Waals surface area (Å²) >= 11 is 0. The van der Waals surface area contributed by atoms with E-state index in [2.05, 4.69) is 20.5 Å². The van der Waals surface area contributed by atoms with Gasteiger partial charge in [0.15, 0.2) is 0 Å². The first-order valence-electron chi connectivity index (χ1n) is 11.8. The third-order valence-corrected chi connectivity index (χ3v) is 5.84. The molecule has 2 aromatic carbocycles. The van der Waals surface area contributed by atoms with Crippen LogP contribution in [0.25, 0.3) is 0 Å². The van der Waals surface area contributed by atoms with Gasteiger partial charge in [0.05, 0.1) is 0 Å². The van der Waals surface area contributed by atoms with Crippen molar-refractivity contribution in [1.29, 1.82) is 0 Å². The van der Waals surface area contributed by atoms with E-state index < -0.39 is 43.6 Å². The van der Waals surface area contributed by atoms with Crippen LogP contribution < -0.4 is 20.5 Å². The van der Waals surface area contributed by atoms with Crippen molar-refractivity contribution in [2.45, 2.75) is 51.6 Å². The van der Waals surface area contributed by atoms with E-state index in [4.69, 9.17) is 14.9 Å². The summed E-state index contributed by atoms with van der Waals surface area (Å²) < 4.78 is 15.5. The van der Waals surface area contributed by atoms with Crippen LogP contribution in [0.4, 0.5) is 0 Å². The van der Waals surface area contributed by atoms with Crippen LogP contribution in [-0.4, -0.2) is 57.2 Å². The van der Waals surface area contributed by atoms with E-state index in [9.17, 15) is 23.7 Å². The number of carbonyl (C=O) groups excluding carboxylic acids is 3. The van der Waals surface area contributed by atoms with Crippen molar-refractivity contribution in [3.05, 3.63) is 65.2 Å². The minimum Gasteiger partial charge on any atom is -0.481 e. The predicted molar refractivity (Wildman–Crippen MR) is 137 cm³/mol. The lowest BCUT2D eigenvalue weighted by Crippen LogP contribution is -2.54. The number of benzene rings is 2. The summed E-state index contributed by atoms with van der Waals surface area (Å²) in [7, 11) is -4.73. The molecule has 0 spiro atoms. The number of carboxylic acid groups (broad SMARTS) is 1. The summed E-state index contributed by atoms with van der Waals surface area (Å²) in [6.07, 6.45) is 0.0188. The topological polar surface area (TPSA) is 191 Å². The van der Waals surface area contributed by atoms with E-state index in [1.165, 1.54) is 31.2 Å². The van der Waals surface area contributed by atoms with Gasteiger partial charge in [-0.1, -0.05) is 42.0 Å². The summed E-state index contributed by atoms with van der Waals surface area (Å²) in [5.74, 6) is -2.96. The van der Waals surface area contributed by atoms with E-state index in [1.807, 2.05) is 31.2 Å². The first kappa shape index (κ1) is 30.5. The molecule has 0 aliphatic carbocycles. The molecule has 13 heteroatoms. The molecule has 0 heterocycles. The molecule has 0 saturated carbocycles. The molecule has 38 heavy (non-hydrogen) atoms. The van der Waals surface area contributed by atoms with Gasteiger partial charge in [-0.3, -0.25) is 29.0 Å². The second kappa shape index (κ2) is 14.3. The van der Waals surface area contributed by atoms with Crippen molar-refractivity contribution in [2.75, 3.05) is 6.54 Å². The monoisotopic (exact) mass is 549 g/mol. The Labute approximate surface area is 220 Å². The van der Waals surface area contributed by atoms with Gasteiger partial charge in [-0.15, -0.1) is 0 Å². The summed E-state index contributed by atoms with van der Waals surface area (Å²) in [5.41, 5.74) is 2.64. The van der Waals surface area contributed by atoms with E-state index in [0.717, 1.165) is 11.1 Å². The largest absolute Gasteiger partial charge is 0.524 e. The van der Waals surface area contributed by atoms with Crippen LogP contribution in [0.1, 0.15) is 36.5 Å². The average Bonchev–Trinajstić information content (AvgIpc) is 2.82. The maximum absolute atomic E-state index is 13.0. The Balaban J connectivity index is 2.07. The van der Waals surface area contributed by atoms with Gasteiger partial charge in [-0.2, -0.15) is 0 Å². The summed E-state index contributed by atoms with van der Waals surface area (Å²) in [5, 5.41) is 16.8. The van der Waals surface area contributed by atoms with Crippen molar-refractivity contribution in [3.8, 4) is 5.75 Å². The Morgan fingerprint density at radius 2 is 1.50 bits per heavy atom. The smallest absolute Gasteiger partial charge is 0.481 e. The quantitative estimate of drug-likeness (QED) is 0.188. The third kappa shape index (κ3) is 11.5. The SMILES string of the molecule is CC(=O)N[C@@H](Cc1ccc(OP(=O)(O)O)cc1)C(=O)N[C@@H](CCC(=O)O)C(=O)NCCc1ccc(C)cc1. The Bertz CT molecular complexity index is 1160. The summed E-state index contributed by atoms with van der Waals surface area (Å²) in [6.45, 7) is 3.46. The lowest BCUT2D eigenvalue weighted by molar-refractivity contribution is -0.138. The third-order valence-electron chi connectivity index (χ3n) is 5.39. The summed E-state index contributed by atoms with van der Waals surface area (Å²) in [4.78, 5) is 66.5. The van der Waals surface area contributed by atoms with Crippen LogP contribution in [-0.2, 0) is 36.6 Å². The number of aryl methyl sites for hydroxylation is 1. The van der Waals surface area contributed by atoms with Crippen LogP contribution in [0.15, 0.2) is 48.5 Å². The molecule has 0 aliphatic rings. The van der Waals surface area contributed by atoms with Gasteiger partial charge in [0.25, 0.3) is 0 Å². The van der Waals surface area contributed by atoms with Gasteiger partial charge in [0.2, 0.25) is 17.7 Å². The number of hydrogen-bond acceptors (Lipinski definition) is 6. The van der Waals surface area contributed by atoms with E-state index in [-0.39, 0.29) is 31.6 Å². The maximum atomic E-state index is 13.0. The number of aliphatic carboxylic acids is 1. The zero-order valence-corrected chi connectivity index (χ0v) is 21.9. The Kier molecular flexibility index (Phi) is 11.5. The highest BCUT2D eigenvalue weighted by Gasteiger charge is 2.27. The highest BCUT2D eigenvalue weighted by Crippen LogP contribution is 2.37. The van der Waals surface area contributed by atoms with Crippen molar-refractivity contribution < 1.29 is 43.2 Å². The lowest BCUT2D eigenvalue weighted by Gasteiger charge is -2.23. The van der Waals surface area contributed by atoms with Crippen LogP contribution >= 0.6 is 7.82 Å². The molecule has 0 saturated heterocycles. The Morgan fingerprint density at radius 3 is 2.05 bits per heavy atom. The van der Waals surface area contributed by atoms with Gasteiger partial charge in [0.1, 0.15) is 17.8 Å². The molecule has 0 fully saturated rings. The number of nitrogens with one attached hydrogen (secondary N) is 3. The predicted octanol–water partition coefficient (Wildman–Crippen LogP) is 1.22. The Hall–Kier alpha value is -3.73. The molecule has 2 rings (SSSR count). The molecule has 206 valence electrons. The molecule has 3 amide bonds. The average molecular weight is 550 g/mol. The number of rotatable bonds is 14. The molecule has 2 atom stereocenters. The van der Waals surface area contributed by atoms with Crippen LogP contribution in [0.2, 0.25) is 0 Å². The number of hydrogen-bond donors (Lipinski definition) is 6. The fraction of sp³-hybridized carbons (Fsp3) is 0.360. The minimum absolute atomic E-state index is 0.0116. The number of phosphoric acid groups is 1. The van der Waals surface area contributed by atoms with Crippen molar-refractivity contribution in [2.24, 2.45) is 0 Å². The first-order chi connectivity index (χ1) is 17.8. The second-order valence-corrected chi connectivity index (χ2v) is 9.87. The van der Waals surface area contributed by atoms with E-state index in [1.54, 1.807) is 0 Å². The molecule has 0 unspecified atom stereocenters. The van der Waals surface area contributed by atoms with Crippen LogP contribution in [0, 0.1) is 6.92 Å². The summed E-state index contributed by atoms with van der Waals surface area (Å²) in [6, 6.07) is 11.1. The Morgan fingerprint density at radius 1 is 0.895 bits per heavy atom. The molecule has 12 nitrogen and oxygen atoms in total. The minimum atomic E-state index is -4.73. The molecule has 0 radical (unpaired) electrons. The molecule has 0 bridgehead atoms. The molecule has 0 aromatic heterocycles. The highest BCUT2D eigenvalue weighted by atomic mass is 31.2. The molecule has 2 aromatic rings. The van der Waals surface area contributed by atoms with Crippen LogP contribution in [0.3, 0.4) is 0 Å². The molecular weight excluding hydrogens is 517 g/mol. The van der Waals surface area contributed by atoms with Crippen molar-refractivity contribution >= 4 is 31.5 Å². The number of amides is 3. The first-order valence-corrected chi connectivity index (χ1v) is 13.3. The number of phosphoric ester groups is 1. The zero-order chi connectivity index (χ0) is 28.3. The lowest BCUT2D eigenvalue weighted by atomic mass is 10.0. The number of carboxylic acids is 1. The van der Waals surface area contributed by atoms with Gasteiger partial charge in [0, 0.05) is 26.3 Å². The molecular formula is C25H32N3O9P. The fourth-order valence-corrected chi connectivity index (χ4v) is 3.93. The molecule has 6 N–H and O–H groups in total. The normalized spacial score (nSPS) is 12.6. The van der Waals surface area contributed by atoms with Gasteiger partial charge >= 0.3 is 13.8 Å². The van der Waals surface area contributed by atoms with Crippen molar-refractivity contribution in [1.82, 2.24) is 16.0 Å². The molecule has 0 aliphatic heterocycles. The second-order valence-electron chi connectivity index (χ2n) is 8.70. The maximum Gasteiger partial charge on any atom is 0.524 e. The highest BCUT2D eigenvalue weighted by molar-refractivity contribution is 7.46. The van der Waals surface area contributed by atoms with Gasteiger partial charge in [-0.25, -0.2) is 4.57 Å². The van der Waals surface area contributed by atoms with Gasteiger partial charge in [-0.05, 0) is 43.0 Å². The van der Waals surface area contributed by atoms with E-state index in [0.29, 0.717) is 12.0 Å². The van der Waals surface area contributed by atoms with E-state index >= 15 is 0 Å². The van der Waals surface area contributed by atoms with Gasteiger partial charge < -0.3 is 25.6 Å². The fourth-order valence-electron chi connectivity index (χ4n) is 3.53. The standard InChI is InChI=1S/C25H32N3O9P/c1-16-3-5-18(6-4-16)13-14-26-24(32)21(11-12-23(30)31)28-25(33)22(27-17(2)29)15-19-7-9-20(10-8-19)37-38(34,35)36/h3-10,21-22H,11-15H2,1-2H3,(H,26,32)(H,27,29)(H,28,33)(H,30,31)(H2,34,35,36)/t21-,22-/m0/s1. The zero-order valence-electron chi connectivity index (χ0n) is 21.0.